The van der Waals surface area contributed by atoms with Gasteiger partial charge >= 0.3 is 11.9 Å². The number of oxazole rings is 1. The van der Waals surface area contributed by atoms with Crippen LogP contribution >= 0.6 is 11.3 Å². The molecule has 29 heavy (non-hydrogen) atoms. The number of nitriles is 1. The highest BCUT2D eigenvalue weighted by Gasteiger charge is 2.23. The first-order chi connectivity index (χ1) is 14.0. The summed E-state index contributed by atoms with van der Waals surface area (Å²) in [4.78, 5) is 40.6. The number of hydrogen-bond donors (Lipinski definition) is 1. The third-order valence-corrected chi connectivity index (χ3v) is 5.07. The number of nitrogens with zero attached hydrogens (tertiary/aromatic N) is 2. The Morgan fingerprint density at radius 1 is 1.28 bits per heavy atom. The summed E-state index contributed by atoms with van der Waals surface area (Å²) in [6.45, 7) is 2.87. The van der Waals surface area contributed by atoms with E-state index in [1.807, 2.05) is 6.07 Å². The number of ether oxygens (including phenoxy) is 2. The molecule has 0 radical (unpaired) electrons. The number of esters is 2. The van der Waals surface area contributed by atoms with E-state index < -0.39 is 24.5 Å². The fourth-order valence-electron chi connectivity index (χ4n) is 2.55. The fraction of sp³-hybridized carbons (Fsp3) is 0.211. The van der Waals surface area contributed by atoms with Gasteiger partial charge in [-0.1, -0.05) is 6.07 Å². The van der Waals surface area contributed by atoms with Crippen molar-refractivity contribution in [1.29, 1.82) is 5.26 Å². The zero-order valence-electron chi connectivity index (χ0n) is 15.5. The lowest BCUT2D eigenvalue weighted by Crippen LogP contribution is -2.21. The van der Waals surface area contributed by atoms with Crippen LogP contribution in [0.2, 0.25) is 0 Å². The molecule has 1 N–H and O–H groups in total. The van der Waals surface area contributed by atoms with Crippen molar-refractivity contribution in [3.63, 3.8) is 0 Å². The number of anilines is 1. The van der Waals surface area contributed by atoms with Crippen molar-refractivity contribution in [2.45, 2.75) is 13.8 Å². The Bertz CT molecular complexity index is 1140. The van der Waals surface area contributed by atoms with Crippen molar-refractivity contribution in [3.05, 3.63) is 46.2 Å². The maximum Gasteiger partial charge on any atom is 0.348 e. The zero-order chi connectivity index (χ0) is 21.0. The van der Waals surface area contributed by atoms with Crippen LogP contribution < -0.4 is 5.32 Å². The van der Waals surface area contributed by atoms with Crippen LogP contribution in [0.25, 0.3) is 11.1 Å². The average Bonchev–Trinajstić information content (AvgIpc) is 3.30. The summed E-state index contributed by atoms with van der Waals surface area (Å²) in [5.41, 5.74) is 1.49. The first-order valence-corrected chi connectivity index (χ1v) is 9.27. The third-order valence-electron chi connectivity index (χ3n) is 3.89. The minimum atomic E-state index is -0.741. The number of para-hydroxylation sites is 1. The van der Waals surface area contributed by atoms with Crippen molar-refractivity contribution in [2.24, 2.45) is 0 Å². The van der Waals surface area contributed by atoms with Gasteiger partial charge in [0.2, 0.25) is 0 Å². The predicted molar refractivity (Wildman–Crippen MR) is 103 cm³/mol. The van der Waals surface area contributed by atoms with Crippen molar-refractivity contribution in [3.8, 4) is 6.07 Å². The molecule has 0 aliphatic rings. The molecule has 1 amide bonds. The highest BCUT2D eigenvalue weighted by molar-refractivity contribution is 7.18. The molecule has 0 bridgehead atoms. The molecule has 3 rings (SSSR count). The number of carbonyl (C=O) groups is 3. The lowest BCUT2D eigenvalue weighted by molar-refractivity contribution is -0.119. The lowest BCUT2D eigenvalue weighted by atomic mass is 10.2. The third kappa shape index (κ3) is 4.09. The van der Waals surface area contributed by atoms with Crippen LogP contribution in [0, 0.1) is 18.3 Å². The molecule has 0 fully saturated rings. The van der Waals surface area contributed by atoms with Crippen molar-refractivity contribution < 1.29 is 28.3 Å². The monoisotopic (exact) mass is 413 g/mol. The van der Waals surface area contributed by atoms with E-state index in [1.165, 1.54) is 12.5 Å². The minimum Gasteiger partial charge on any atom is -0.462 e. The number of benzene rings is 1. The van der Waals surface area contributed by atoms with E-state index in [9.17, 15) is 19.6 Å². The summed E-state index contributed by atoms with van der Waals surface area (Å²) in [7, 11) is 0. The molecule has 0 atom stereocenters. The number of hydrogen-bond acceptors (Lipinski definition) is 9. The molecule has 10 heteroatoms. The Hall–Kier alpha value is -3.71. The highest BCUT2D eigenvalue weighted by Crippen LogP contribution is 2.33. The normalized spacial score (nSPS) is 10.4. The first-order valence-electron chi connectivity index (χ1n) is 8.46. The molecule has 1 aromatic carbocycles. The second kappa shape index (κ2) is 8.53. The number of carbonyl (C=O) groups excluding carboxylic acids is 3. The standard InChI is InChI=1S/C19H15N3O6S/c1-3-26-19(25)16-10(2)12(7-20)17(29-16)22-14(23)8-27-18(24)11-5-4-6-13-15(11)21-9-28-13/h4-6,9H,3,8H2,1-2H3,(H,22,23). The Morgan fingerprint density at radius 2 is 2.07 bits per heavy atom. The zero-order valence-corrected chi connectivity index (χ0v) is 16.3. The Morgan fingerprint density at radius 3 is 2.79 bits per heavy atom. The number of fused-ring (bicyclic) bond motifs is 1. The second-order valence-corrected chi connectivity index (χ2v) is 6.74. The van der Waals surface area contributed by atoms with Crippen LogP contribution in [-0.4, -0.2) is 36.0 Å². The number of aromatic nitrogens is 1. The molecule has 0 aliphatic heterocycles. The van der Waals surface area contributed by atoms with Crippen molar-refractivity contribution in [2.75, 3.05) is 18.5 Å². The van der Waals surface area contributed by atoms with Gasteiger partial charge in [0.15, 0.2) is 18.6 Å². The maximum absolute atomic E-state index is 12.3. The van der Waals surface area contributed by atoms with Crippen LogP contribution in [0.4, 0.5) is 5.00 Å². The average molecular weight is 413 g/mol. The fourth-order valence-corrected chi connectivity index (χ4v) is 3.62. The van der Waals surface area contributed by atoms with Gasteiger partial charge in [-0.3, -0.25) is 4.79 Å². The molecule has 148 valence electrons. The maximum atomic E-state index is 12.3. The number of nitrogens with one attached hydrogen (secondary N) is 1. The number of amides is 1. The van der Waals surface area contributed by atoms with Gasteiger partial charge < -0.3 is 19.2 Å². The minimum absolute atomic E-state index is 0.157. The van der Waals surface area contributed by atoms with Gasteiger partial charge in [0, 0.05) is 0 Å². The van der Waals surface area contributed by atoms with Crippen molar-refractivity contribution in [1.82, 2.24) is 4.98 Å². The predicted octanol–water partition coefficient (Wildman–Crippen LogP) is 3.04. The van der Waals surface area contributed by atoms with Crippen LogP contribution in [0.3, 0.4) is 0 Å². The summed E-state index contributed by atoms with van der Waals surface area (Å²) in [6.07, 6.45) is 1.21. The van der Waals surface area contributed by atoms with E-state index in [0.29, 0.717) is 16.7 Å². The summed E-state index contributed by atoms with van der Waals surface area (Å²) in [5, 5.41) is 12.0. The van der Waals surface area contributed by atoms with Crippen LogP contribution in [0.5, 0.6) is 0 Å². The molecule has 2 heterocycles. The Labute approximate surface area is 168 Å². The second-order valence-electron chi connectivity index (χ2n) is 5.72. The summed E-state index contributed by atoms with van der Waals surface area (Å²) < 4.78 is 15.1. The van der Waals surface area contributed by atoms with E-state index in [2.05, 4.69) is 10.3 Å². The number of thiophene rings is 1. The van der Waals surface area contributed by atoms with E-state index in [4.69, 9.17) is 13.9 Å². The number of rotatable bonds is 6. The molecular formula is C19H15N3O6S. The van der Waals surface area contributed by atoms with Crippen LogP contribution in [0.15, 0.2) is 29.0 Å². The summed E-state index contributed by atoms with van der Waals surface area (Å²) in [5.74, 6) is -1.97. The molecule has 0 spiro atoms. The highest BCUT2D eigenvalue weighted by atomic mass is 32.1. The topological polar surface area (TPSA) is 132 Å². The van der Waals surface area contributed by atoms with Gasteiger partial charge in [-0.25, -0.2) is 14.6 Å². The van der Waals surface area contributed by atoms with Gasteiger partial charge in [0.1, 0.15) is 21.5 Å². The molecular weight excluding hydrogens is 398 g/mol. The molecule has 0 unspecified atom stereocenters. The summed E-state index contributed by atoms with van der Waals surface area (Å²) >= 11 is 0.929. The molecule has 9 nitrogen and oxygen atoms in total. The molecule has 0 aliphatic carbocycles. The van der Waals surface area contributed by atoms with E-state index in [1.54, 1.807) is 26.0 Å². The smallest absolute Gasteiger partial charge is 0.348 e. The molecule has 0 saturated carbocycles. The largest absolute Gasteiger partial charge is 0.462 e. The van der Waals surface area contributed by atoms with Gasteiger partial charge in [-0.05, 0) is 31.5 Å². The lowest BCUT2D eigenvalue weighted by Gasteiger charge is -2.06. The van der Waals surface area contributed by atoms with Crippen LogP contribution in [0.1, 0.15) is 38.1 Å². The van der Waals surface area contributed by atoms with E-state index in [-0.39, 0.29) is 27.6 Å². The van der Waals surface area contributed by atoms with Gasteiger partial charge in [0.25, 0.3) is 5.91 Å². The van der Waals surface area contributed by atoms with Gasteiger partial charge in [-0.15, -0.1) is 11.3 Å². The first kappa shape index (κ1) is 20.0. The van der Waals surface area contributed by atoms with Gasteiger partial charge in [-0.2, -0.15) is 5.26 Å². The summed E-state index contributed by atoms with van der Waals surface area (Å²) in [6, 6.07) is 6.72. The molecule has 3 aromatic rings. The quantitative estimate of drug-likeness (QED) is 0.610. The van der Waals surface area contributed by atoms with Gasteiger partial charge in [0.05, 0.1) is 17.7 Å². The Balaban J connectivity index is 1.69. The molecule has 0 saturated heterocycles. The van der Waals surface area contributed by atoms with E-state index in [0.717, 1.165) is 11.3 Å². The molecule has 2 aromatic heterocycles. The van der Waals surface area contributed by atoms with E-state index >= 15 is 0 Å². The Kier molecular flexibility index (Phi) is 5.90. The SMILES string of the molecule is CCOC(=O)c1sc(NC(=O)COC(=O)c2cccc3ocnc23)c(C#N)c1C. The van der Waals surface area contributed by atoms with Crippen LogP contribution in [-0.2, 0) is 14.3 Å². The van der Waals surface area contributed by atoms with Crippen molar-refractivity contribution >= 4 is 45.3 Å².